The number of nitrogens with two attached hydrogens (primary N) is 1. The first-order valence-electron chi connectivity index (χ1n) is 5.96. The summed E-state index contributed by atoms with van der Waals surface area (Å²) in [4.78, 5) is 0.261. The Kier molecular flexibility index (Phi) is 3.99. The Balaban J connectivity index is 2.38. The largest absolute Gasteiger partial charge is 0.399 e. The van der Waals surface area contributed by atoms with E-state index in [0.29, 0.717) is 29.2 Å². The van der Waals surface area contributed by atoms with Gasteiger partial charge in [-0.1, -0.05) is 6.92 Å². The van der Waals surface area contributed by atoms with E-state index in [0.717, 1.165) is 12.8 Å². The third kappa shape index (κ3) is 2.70. The van der Waals surface area contributed by atoms with E-state index in [1.165, 1.54) is 6.07 Å². The average molecular weight is 333 g/mol. The molecule has 1 heterocycles. The SMILES string of the molecule is CC1CCCN(S(=O)(=O)c2cc(N)ccc2Br)C1. The molecule has 1 aliphatic heterocycles. The van der Waals surface area contributed by atoms with E-state index in [2.05, 4.69) is 22.9 Å². The zero-order chi connectivity index (χ0) is 13.3. The molecule has 1 fully saturated rings. The summed E-state index contributed by atoms with van der Waals surface area (Å²) < 4.78 is 27.2. The van der Waals surface area contributed by atoms with Crippen LogP contribution in [0, 0.1) is 5.92 Å². The number of benzene rings is 1. The highest BCUT2D eigenvalue weighted by molar-refractivity contribution is 9.10. The van der Waals surface area contributed by atoms with Crippen LogP contribution < -0.4 is 5.73 Å². The van der Waals surface area contributed by atoms with Crippen molar-refractivity contribution in [3.8, 4) is 0 Å². The van der Waals surface area contributed by atoms with Gasteiger partial charge in [-0.05, 0) is 52.9 Å². The zero-order valence-corrected chi connectivity index (χ0v) is 12.7. The number of hydrogen-bond donors (Lipinski definition) is 1. The number of nitrogen functional groups attached to an aromatic ring is 1. The molecule has 0 radical (unpaired) electrons. The molecule has 1 atom stereocenters. The Morgan fingerprint density at radius 2 is 2.17 bits per heavy atom. The highest BCUT2D eigenvalue weighted by atomic mass is 79.9. The Hall–Kier alpha value is -0.590. The minimum atomic E-state index is -3.44. The quantitative estimate of drug-likeness (QED) is 0.846. The molecule has 4 nitrogen and oxygen atoms in total. The van der Waals surface area contributed by atoms with Crippen molar-refractivity contribution in [3.63, 3.8) is 0 Å². The zero-order valence-electron chi connectivity index (χ0n) is 10.3. The van der Waals surface area contributed by atoms with Gasteiger partial charge in [0.25, 0.3) is 0 Å². The first kappa shape index (κ1) is 13.8. The fourth-order valence-electron chi connectivity index (χ4n) is 2.22. The lowest BCUT2D eigenvalue weighted by Crippen LogP contribution is -2.39. The number of rotatable bonds is 2. The minimum Gasteiger partial charge on any atom is -0.399 e. The summed E-state index contributed by atoms with van der Waals surface area (Å²) in [6.07, 6.45) is 2.00. The molecule has 0 amide bonds. The molecule has 0 saturated carbocycles. The molecule has 0 spiro atoms. The van der Waals surface area contributed by atoms with Gasteiger partial charge in [-0.2, -0.15) is 4.31 Å². The van der Waals surface area contributed by atoms with Crippen LogP contribution in [-0.2, 0) is 10.0 Å². The summed E-state index contributed by atoms with van der Waals surface area (Å²) in [6.45, 7) is 3.26. The van der Waals surface area contributed by atoms with E-state index in [1.807, 2.05) is 0 Å². The maximum atomic E-state index is 12.5. The molecule has 1 unspecified atom stereocenters. The fraction of sp³-hybridized carbons (Fsp3) is 0.500. The summed E-state index contributed by atoms with van der Waals surface area (Å²) in [5.74, 6) is 0.411. The number of nitrogens with zero attached hydrogens (tertiary/aromatic N) is 1. The Bertz CT molecular complexity index is 545. The van der Waals surface area contributed by atoms with Crippen molar-refractivity contribution in [1.29, 1.82) is 0 Å². The third-order valence-electron chi connectivity index (χ3n) is 3.19. The van der Waals surface area contributed by atoms with Gasteiger partial charge in [-0.15, -0.1) is 0 Å². The normalized spacial score (nSPS) is 22.0. The smallest absolute Gasteiger partial charge is 0.244 e. The van der Waals surface area contributed by atoms with E-state index in [-0.39, 0.29) is 4.90 Å². The van der Waals surface area contributed by atoms with Crippen molar-refractivity contribution in [2.24, 2.45) is 5.92 Å². The minimum absolute atomic E-state index is 0.261. The summed E-state index contributed by atoms with van der Waals surface area (Å²) in [5.41, 5.74) is 6.14. The lowest BCUT2D eigenvalue weighted by atomic mass is 10.0. The number of piperidine rings is 1. The van der Waals surface area contributed by atoms with Crippen molar-refractivity contribution >= 4 is 31.6 Å². The molecule has 1 saturated heterocycles. The summed E-state index contributed by atoms with van der Waals surface area (Å²) in [6, 6.07) is 4.87. The van der Waals surface area contributed by atoms with Crippen LogP contribution in [0.15, 0.2) is 27.6 Å². The topological polar surface area (TPSA) is 63.4 Å². The van der Waals surface area contributed by atoms with Crippen molar-refractivity contribution in [2.75, 3.05) is 18.8 Å². The van der Waals surface area contributed by atoms with Gasteiger partial charge in [0.2, 0.25) is 10.0 Å². The first-order chi connectivity index (χ1) is 8.41. The highest BCUT2D eigenvalue weighted by Crippen LogP contribution is 2.29. The van der Waals surface area contributed by atoms with E-state index >= 15 is 0 Å². The molecule has 6 heteroatoms. The third-order valence-corrected chi connectivity index (χ3v) is 6.05. The molecule has 1 aliphatic rings. The fourth-order valence-corrected chi connectivity index (χ4v) is 4.78. The average Bonchev–Trinajstić information content (AvgIpc) is 2.32. The molecular weight excluding hydrogens is 316 g/mol. The van der Waals surface area contributed by atoms with Crippen molar-refractivity contribution in [1.82, 2.24) is 4.31 Å². The highest BCUT2D eigenvalue weighted by Gasteiger charge is 2.30. The number of hydrogen-bond acceptors (Lipinski definition) is 3. The van der Waals surface area contributed by atoms with Crippen LogP contribution in [0.4, 0.5) is 5.69 Å². The Morgan fingerprint density at radius 3 is 2.83 bits per heavy atom. The second-order valence-electron chi connectivity index (χ2n) is 4.80. The molecule has 0 aromatic heterocycles. The molecular formula is C12H17BrN2O2S. The monoisotopic (exact) mass is 332 g/mol. The van der Waals surface area contributed by atoms with E-state index in [1.54, 1.807) is 16.4 Å². The van der Waals surface area contributed by atoms with Gasteiger partial charge in [-0.25, -0.2) is 8.42 Å². The number of halogens is 1. The summed E-state index contributed by atoms with van der Waals surface area (Å²) in [7, 11) is -3.44. The second-order valence-corrected chi connectivity index (χ2v) is 7.56. The van der Waals surface area contributed by atoms with Crippen LogP contribution in [0.3, 0.4) is 0 Å². The van der Waals surface area contributed by atoms with Crippen LogP contribution in [0.25, 0.3) is 0 Å². The molecule has 100 valence electrons. The lowest BCUT2D eigenvalue weighted by molar-refractivity contribution is 0.281. The van der Waals surface area contributed by atoms with Crippen LogP contribution in [0.2, 0.25) is 0 Å². The first-order valence-corrected chi connectivity index (χ1v) is 8.20. The summed E-state index contributed by atoms with van der Waals surface area (Å²) in [5, 5.41) is 0. The molecule has 0 aliphatic carbocycles. The van der Waals surface area contributed by atoms with Gasteiger partial charge in [0.15, 0.2) is 0 Å². The Labute approximate surface area is 116 Å². The molecule has 18 heavy (non-hydrogen) atoms. The predicted octanol–water partition coefficient (Wildman–Crippen LogP) is 2.45. The Morgan fingerprint density at radius 1 is 1.44 bits per heavy atom. The molecule has 1 aromatic rings. The van der Waals surface area contributed by atoms with E-state index < -0.39 is 10.0 Å². The standard InChI is InChI=1S/C12H17BrN2O2S/c1-9-3-2-6-15(8-9)18(16,17)12-7-10(14)4-5-11(12)13/h4-5,7,9H,2-3,6,8,14H2,1H3. The van der Waals surface area contributed by atoms with Crippen LogP contribution >= 0.6 is 15.9 Å². The lowest BCUT2D eigenvalue weighted by Gasteiger charge is -2.30. The molecule has 2 rings (SSSR count). The van der Waals surface area contributed by atoms with Crippen LogP contribution in [0.1, 0.15) is 19.8 Å². The van der Waals surface area contributed by atoms with Crippen LogP contribution in [0.5, 0.6) is 0 Å². The van der Waals surface area contributed by atoms with Gasteiger partial charge >= 0.3 is 0 Å². The van der Waals surface area contributed by atoms with E-state index in [4.69, 9.17) is 5.73 Å². The van der Waals surface area contributed by atoms with Gasteiger partial charge in [0, 0.05) is 23.2 Å². The molecule has 0 bridgehead atoms. The second kappa shape index (κ2) is 5.19. The number of anilines is 1. The maximum absolute atomic E-state index is 12.5. The van der Waals surface area contributed by atoms with Crippen LogP contribution in [-0.4, -0.2) is 25.8 Å². The molecule has 1 aromatic carbocycles. The maximum Gasteiger partial charge on any atom is 0.244 e. The van der Waals surface area contributed by atoms with Crippen molar-refractivity contribution in [3.05, 3.63) is 22.7 Å². The van der Waals surface area contributed by atoms with Gasteiger partial charge < -0.3 is 5.73 Å². The summed E-state index contributed by atoms with van der Waals surface area (Å²) >= 11 is 3.29. The van der Waals surface area contributed by atoms with Gasteiger partial charge in [-0.3, -0.25) is 0 Å². The molecule has 2 N–H and O–H groups in total. The predicted molar refractivity (Wildman–Crippen MR) is 75.7 cm³/mol. The number of sulfonamides is 1. The van der Waals surface area contributed by atoms with E-state index in [9.17, 15) is 8.42 Å². The van der Waals surface area contributed by atoms with Gasteiger partial charge in [0.05, 0.1) is 4.90 Å². The van der Waals surface area contributed by atoms with Gasteiger partial charge in [0.1, 0.15) is 0 Å². The van der Waals surface area contributed by atoms with Crippen molar-refractivity contribution in [2.45, 2.75) is 24.7 Å². The van der Waals surface area contributed by atoms with Crippen molar-refractivity contribution < 1.29 is 8.42 Å².